The molecular formula is C26H26F2N2O3S. The summed E-state index contributed by atoms with van der Waals surface area (Å²) < 4.78 is 35.1. The standard InChI is InChI=1S/C26H26F2N2O3S/c1-33-18-7-9-24-20(14-18)25(23(28)15-29-24)22(27)8-6-17-10-12-30(16-21(17)26(31)32)11-2-4-19-5-3-13-34-19/h3,5,7,9,13-15,17,21-22H,6,8,10-12,16H2,1H3,(H,31,32)/t17?,21?,22-/m1/s1. The van der Waals surface area contributed by atoms with E-state index in [0.29, 0.717) is 49.1 Å². The van der Waals surface area contributed by atoms with Crippen LogP contribution in [0.4, 0.5) is 8.78 Å². The first-order valence-corrected chi connectivity index (χ1v) is 12.1. The summed E-state index contributed by atoms with van der Waals surface area (Å²) in [6, 6.07) is 8.84. The Bertz CT molecular complexity index is 1210. The molecule has 0 bridgehead atoms. The van der Waals surface area contributed by atoms with Gasteiger partial charge in [-0.3, -0.25) is 14.7 Å². The molecule has 0 amide bonds. The first-order chi connectivity index (χ1) is 16.5. The highest BCUT2D eigenvalue weighted by atomic mass is 32.1. The highest BCUT2D eigenvalue weighted by Crippen LogP contribution is 2.36. The van der Waals surface area contributed by atoms with Gasteiger partial charge in [-0.25, -0.2) is 8.78 Å². The molecule has 1 N–H and O–H groups in total. The van der Waals surface area contributed by atoms with Gasteiger partial charge < -0.3 is 9.84 Å². The van der Waals surface area contributed by atoms with Crippen molar-refractivity contribution in [1.82, 2.24) is 9.88 Å². The van der Waals surface area contributed by atoms with Crippen LogP contribution in [-0.2, 0) is 4.79 Å². The normalized spacial score (nSPS) is 19.4. The monoisotopic (exact) mass is 484 g/mol. The largest absolute Gasteiger partial charge is 0.497 e. The number of ether oxygens (including phenoxy) is 1. The Labute approximate surface area is 201 Å². The van der Waals surface area contributed by atoms with E-state index in [0.717, 1.165) is 11.1 Å². The zero-order valence-electron chi connectivity index (χ0n) is 18.8. The lowest BCUT2D eigenvalue weighted by Crippen LogP contribution is -2.44. The number of carbonyl (C=O) groups is 1. The lowest BCUT2D eigenvalue weighted by Gasteiger charge is -2.35. The van der Waals surface area contributed by atoms with E-state index in [4.69, 9.17) is 4.74 Å². The number of fused-ring (bicyclic) bond motifs is 1. The molecule has 1 fully saturated rings. The van der Waals surface area contributed by atoms with Crippen molar-refractivity contribution >= 4 is 28.2 Å². The number of piperidine rings is 1. The summed E-state index contributed by atoms with van der Waals surface area (Å²) in [4.78, 5) is 19.0. The fraction of sp³-hybridized carbons (Fsp3) is 0.385. The Hall–Kier alpha value is -3.02. The molecule has 1 aliphatic rings. The molecule has 1 saturated heterocycles. The minimum absolute atomic E-state index is 0.0415. The van der Waals surface area contributed by atoms with E-state index in [2.05, 4.69) is 16.8 Å². The number of nitrogens with zero attached hydrogens (tertiary/aromatic N) is 2. The molecule has 3 atom stereocenters. The van der Waals surface area contributed by atoms with Crippen LogP contribution in [0.25, 0.3) is 10.9 Å². The van der Waals surface area contributed by atoms with Crippen molar-refractivity contribution in [3.8, 4) is 17.6 Å². The number of aromatic nitrogens is 1. The first-order valence-electron chi connectivity index (χ1n) is 11.2. The van der Waals surface area contributed by atoms with E-state index in [1.165, 1.54) is 7.11 Å². The van der Waals surface area contributed by atoms with Gasteiger partial charge in [-0.1, -0.05) is 17.9 Å². The van der Waals surface area contributed by atoms with Crippen molar-refractivity contribution < 1.29 is 23.4 Å². The molecule has 1 aromatic carbocycles. The van der Waals surface area contributed by atoms with Crippen LogP contribution in [0.1, 0.15) is 35.9 Å². The predicted octanol–water partition coefficient (Wildman–Crippen LogP) is 5.31. The summed E-state index contributed by atoms with van der Waals surface area (Å²) in [6.07, 6.45) is 0.506. The number of hydrogen-bond acceptors (Lipinski definition) is 5. The lowest BCUT2D eigenvalue weighted by molar-refractivity contribution is -0.146. The van der Waals surface area contributed by atoms with Crippen LogP contribution in [0.3, 0.4) is 0 Å². The van der Waals surface area contributed by atoms with E-state index in [-0.39, 0.29) is 17.9 Å². The second-order valence-electron chi connectivity index (χ2n) is 8.46. The average molecular weight is 485 g/mol. The maximum absolute atomic E-state index is 15.3. The number of pyridine rings is 1. The second-order valence-corrected chi connectivity index (χ2v) is 9.40. The molecule has 178 valence electrons. The number of methoxy groups -OCH3 is 1. The number of halogens is 2. The maximum Gasteiger partial charge on any atom is 0.308 e. The molecular weight excluding hydrogens is 458 g/mol. The third kappa shape index (κ3) is 5.54. The van der Waals surface area contributed by atoms with E-state index in [1.807, 2.05) is 22.4 Å². The SMILES string of the molecule is COc1ccc2ncc(F)c([C@H](F)CCC3CCN(CC#Cc4cccs4)CC3C(=O)O)c2c1. The number of carboxylic acid groups (broad SMARTS) is 1. The zero-order chi connectivity index (χ0) is 24.1. The number of benzene rings is 1. The Morgan fingerprint density at radius 1 is 1.41 bits per heavy atom. The molecule has 0 saturated carbocycles. The third-order valence-corrected chi connectivity index (χ3v) is 7.15. The predicted molar refractivity (Wildman–Crippen MR) is 128 cm³/mol. The van der Waals surface area contributed by atoms with Gasteiger partial charge in [0.15, 0.2) is 0 Å². The Kier molecular flexibility index (Phi) is 7.76. The van der Waals surface area contributed by atoms with Crippen LogP contribution >= 0.6 is 11.3 Å². The number of carboxylic acids is 1. The summed E-state index contributed by atoms with van der Waals surface area (Å²) in [5.41, 5.74) is 0.442. The van der Waals surface area contributed by atoms with Crippen LogP contribution in [0.15, 0.2) is 41.9 Å². The first kappa shape index (κ1) is 24.1. The van der Waals surface area contributed by atoms with Gasteiger partial charge in [0.1, 0.15) is 17.7 Å². The number of aliphatic carboxylic acids is 1. The van der Waals surface area contributed by atoms with Gasteiger partial charge in [-0.15, -0.1) is 11.3 Å². The summed E-state index contributed by atoms with van der Waals surface area (Å²) in [7, 11) is 1.49. The molecule has 8 heteroatoms. The molecule has 3 aromatic rings. The fourth-order valence-corrected chi connectivity index (χ4v) is 5.13. The van der Waals surface area contributed by atoms with E-state index in [1.54, 1.807) is 29.5 Å². The molecule has 5 nitrogen and oxygen atoms in total. The average Bonchev–Trinajstić information content (AvgIpc) is 3.36. The summed E-state index contributed by atoms with van der Waals surface area (Å²) in [6.45, 7) is 1.57. The fourth-order valence-electron chi connectivity index (χ4n) is 4.54. The van der Waals surface area contributed by atoms with Crippen molar-refractivity contribution in [2.45, 2.75) is 25.4 Å². The number of likely N-dealkylation sites (tertiary alicyclic amines) is 1. The quantitative estimate of drug-likeness (QED) is 0.461. The zero-order valence-corrected chi connectivity index (χ0v) is 19.7. The molecule has 0 radical (unpaired) electrons. The molecule has 2 aromatic heterocycles. The molecule has 0 aliphatic carbocycles. The lowest BCUT2D eigenvalue weighted by atomic mass is 9.81. The highest BCUT2D eigenvalue weighted by molar-refractivity contribution is 7.10. The van der Waals surface area contributed by atoms with Crippen molar-refractivity contribution in [2.24, 2.45) is 11.8 Å². The van der Waals surface area contributed by atoms with Gasteiger partial charge in [-0.05, 0) is 61.4 Å². The van der Waals surface area contributed by atoms with Gasteiger partial charge in [0, 0.05) is 17.5 Å². The Balaban J connectivity index is 1.42. The topological polar surface area (TPSA) is 62.7 Å². The van der Waals surface area contributed by atoms with Gasteiger partial charge in [-0.2, -0.15) is 0 Å². The highest BCUT2D eigenvalue weighted by Gasteiger charge is 2.34. The number of hydrogen-bond donors (Lipinski definition) is 1. The van der Waals surface area contributed by atoms with Crippen LogP contribution in [-0.4, -0.2) is 47.7 Å². The van der Waals surface area contributed by atoms with E-state index in [9.17, 15) is 14.3 Å². The minimum atomic E-state index is -1.57. The summed E-state index contributed by atoms with van der Waals surface area (Å²) in [5.74, 6) is 4.32. The van der Waals surface area contributed by atoms with Crippen LogP contribution in [0, 0.1) is 29.5 Å². The number of thiophene rings is 1. The maximum atomic E-state index is 15.3. The summed E-state index contributed by atoms with van der Waals surface area (Å²) in [5, 5.41) is 12.1. The molecule has 34 heavy (non-hydrogen) atoms. The summed E-state index contributed by atoms with van der Waals surface area (Å²) >= 11 is 1.57. The van der Waals surface area contributed by atoms with Crippen LogP contribution < -0.4 is 4.74 Å². The van der Waals surface area contributed by atoms with E-state index < -0.39 is 23.9 Å². The number of rotatable bonds is 7. The van der Waals surface area contributed by atoms with Crippen molar-refractivity contribution in [1.29, 1.82) is 0 Å². The Morgan fingerprint density at radius 2 is 2.26 bits per heavy atom. The van der Waals surface area contributed by atoms with Gasteiger partial charge in [0.2, 0.25) is 0 Å². The molecule has 0 spiro atoms. The molecule has 1 aliphatic heterocycles. The van der Waals surface area contributed by atoms with Crippen molar-refractivity contribution in [3.63, 3.8) is 0 Å². The van der Waals surface area contributed by atoms with Crippen LogP contribution in [0.2, 0.25) is 0 Å². The van der Waals surface area contributed by atoms with E-state index >= 15 is 4.39 Å². The van der Waals surface area contributed by atoms with Crippen LogP contribution in [0.5, 0.6) is 5.75 Å². The molecule has 3 heterocycles. The van der Waals surface area contributed by atoms with Crippen molar-refractivity contribution in [2.75, 3.05) is 26.7 Å². The molecule has 2 unspecified atom stereocenters. The minimum Gasteiger partial charge on any atom is -0.497 e. The van der Waals surface area contributed by atoms with Gasteiger partial charge in [0.05, 0.1) is 36.2 Å². The second kappa shape index (κ2) is 10.9. The van der Waals surface area contributed by atoms with Crippen molar-refractivity contribution in [3.05, 3.63) is 58.2 Å². The Morgan fingerprint density at radius 3 is 3.00 bits per heavy atom. The van der Waals surface area contributed by atoms with Gasteiger partial charge in [0.25, 0.3) is 0 Å². The smallest absolute Gasteiger partial charge is 0.308 e. The van der Waals surface area contributed by atoms with Gasteiger partial charge >= 0.3 is 5.97 Å². The third-order valence-electron chi connectivity index (χ3n) is 6.36. The number of alkyl halides is 1. The molecule has 4 rings (SSSR count).